The Hall–Kier alpha value is -3.78. The van der Waals surface area contributed by atoms with Crippen molar-refractivity contribution in [2.45, 2.75) is 12.2 Å². The van der Waals surface area contributed by atoms with Gasteiger partial charge in [0, 0.05) is 11.8 Å². The van der Waals surface area contributed by atoms with Crippen LogP contribution in [-0.2, 0) is 4.79 Å². The van der Waals surface area contributed by atoms with Crippen molar-refractivity contribution in [2.75, 3.05) is 12.1 Å². The van der Waals surface area contributed by atoms with Gasteiger partial charge in [0.05, 0.1) is 11.4 Å². The lowest BCUT2D eigenvalue weighted by molar-refractivity contribution is -0.114. The third kappa shape index (κ3) is 4.31. The predicted octanol–water partition coefficient (Wildman–Crippen LogP) is 4.46. The van der Waals surface area contributed by atoms with Crippen LogP contribution in [0.5, 0.6) is 11.5 Å². The summed E-state index contributed by atoms with van der Waals surface area (Å²) >= 11 is 1.33. The van der Waals surface area contributed by atoms with Crippen LogP contribution in [0, 0.1) is 6.92 Å². The Morgan fingerprint density at radius 1 is 1.06 bits per heavy atom. The lowest BCUT2D eigenvalue weighted by Crippen LogP contribution is -2.40. The van der Waals surface area contributed by atoms with E-state index in [0.717, 1.165) is 16.8 Å². The number of hydrogen-bond acceptors (Lipinski definition) is 6. The van der Waals surface area contributed by atoms with Crippen molar-refractivity contribution in [2.24, 2.45) is 10.1 Å². The molecule has 2 aliphatic rings. The van der Waals surface area contributed by atoms with E-state index in [1.165, 1.54) is 11.8 Å². The zero-order valence-corrected chi connectivity index (χ0v) is 18.1. The molecule has 0 saturated carbocycles. The number of nitrogens with one attached hydrogen (secondary N) is 2. The number of benzene rings is 3. The van der Waals surface area contributed by atoms with Crippen molar-refractivity contribution in [1.82, 2.24) is 5.43 Å². The number of hydrogen-bond donors (Lipinski definition) is 2. The first kappa shape index (κ1) is 20.1. The number of aryl methyl sites for hydroxylation is 1. The van der Waals surface area contributed by atoms with Gasteiger partial charge in [0.15, 0.2) is 16.7 Å². The molecule has 2 aliphatic heterocycles. The molecule has 0 radical (unpaired) electrons. The van der Waals surface area contributed by atoms with Crippen molar-refractivity contribution in [3.8, 4) is 11.5 Å². The number of thioether (sulfide) groups is 1. The zero-order valence-electron chi connectivity index (χ0n) is 17.2. The number of fused-ring (bicyclic) bond motifs is 1. The van der Waals surface area contributed by atoms with Crippen molar-refractivity contribution >= 4 is 39.9 Å². The summed E-state index contributed by atoms with van der Waals surface area (Å²) in [5.41, 5.74) is 7.08. The molecule has 32 heavy (non-hydrogen) atoms. The fraction of sp³-hybridized carbons (Fsp3) is 0.125. The van der Waals surface area contributed by atoms with Gasteiger partial charge in [0.25, 0.3) is 0 Å². The van der Waals surface area contributed by atoms with Crippen LogP contribution in [0.4, 0.5) is 11.4 Å². The van der Waals surface area contributed by atoms with E-state index < -0.39 is 5.25 Å². The van der Waals surface area contributed by atoms with Crippen LogP contribution >= 0.6 is 11.8 Å². The predicted molar refractivity (Wildman–Crippen MR) is 127 cm³/mol. The molecule has 0 bridgehead atoms. The van der Waals surface area contributed by atoms with E-state index in [0.29, 0.717) is 28.1 Å². The van der Waals surface area contributed by atoms with E-state index in [1.54, 1.807) is 18.2 Å². The van der Waals surface area contributed by atoms with E-state index in [-0.39, 0.29) is 12.7 Å². The van der Waals surface area contributed by atoms with Gasteiger partial charge in [-0.1, -0.05) is 59.8 Å². The molecule has 1 amide bonds. The minimum Gasteiger partial charge on any atom is -0.454 e. The van der Waals surface area contributed by atoms with Gasteiger partial charge in [0.1, 0.15) is 5.25 Å². The molecule has 0 fully saturated rings. The summed E-state index contributed by atoms with van der Waals surface area (Å²) in [5.74, 6) is 1.08. The summed E-state index contributed by atoms with van der Waals surface area (Å²) in [4.78, 5) is 17.9. The number of carbonyl (C=O) groups excluding carboxylic acids is 1. The van der Waals surface area contributed by atoms with Crippen LogP contribution in [0.15, 0.2) is 82.9 Å². The SMILES string of the molecule is Cc1ccc(N=C2NN=C(c3ccccc3)[C@H](C(=O)Nc3ccc4c(c3)OCO4)S2)cc1. The van der Waals surface area contributed by atoms with Crippen LogP contribution < -0.4 is 20.2 Å². The number of hydrazone groups is 1. The largest absolute Gasteiger partial charge is 0.454 e. The standard InChI is InChI=1S/C24H20N4O3S/c1-15-7-9-17(10-8-15)26-24-28-27-21(16-5-3-2-4-6-16)22(32-24)23(29)25-18-11-12-19-20(13-18)31-14-30-19/h2-13,22H,14H2,1H3,(H,25,29)(H,26,28)/t22-/m1/s1. The first-order valence-electron chi connectivity index (χ1n) is 10.1. The third-order valence-electron chi connectivity index (χ3n) is 4.96. The number of ether oxygens (including phenoxy) is 2. The van der Waals surface area contributed by atoms with Crippen LogP contribution in [0.2, 0.25) is 0 Å². The van der Waals surface area contributed by atoms with E-state index in [1.807, 2.05) is 61.5 Å². The van der Waals surface area contributed by atoms with Gasteiger partial charge in [-0.3, -0.25) is 10.2 Å². The molecule has 3 aromatic rings. The van der Waals surface area contributed by atoms with E-state index in [2.05, 4.69) is 20.8 Å². The molecule has 0 spiro atoms. The quantitative estimate of drug-likeness (QED) is 0.621. The van der Waals surface area contributed by atoms with Crippen molar-refractivity contribution in [1.29, 1.82) is 0 Å². The topological polar surface area (TPSA) is 84.3 Å². The van der Waals surface area contributed by atoms with Crippen molar-refractivity contribution < 1.29 is 14.3 Å². The molecule has 0 aliphatic carbocycles. The number of amides is 1. The summed E-state index contributed by atoms with van der Waals surface area (Å²) in [6.45, 7) is 2.21. The average Bonchev–Trinajstić information content (AvgIpc) is 3.29. The second-order valence-corrected chi connectivity index (χ2v) is 8.38. The monoisotopic (exact) mass is 444 g/mol. The molecule has 2 heterocycles. The molecule has 160 valence electrons. The van der Waals surface area contributed by atoms with Gasteiger partial charge in [0.2, 0.25) is 12.7 Å². The fourth-order valence-electron chi connectivity index (χ4n) is 3.33. The first-order chi connectivity index (χ1) is 15.7. The second-order valence-electron chi connectivity index (χ2n) is 7.28. The van der Waals surface area contributed by atoms with Crippen LogP contribution in [0.3, 0.4) is 0 Å². The first-order valence-corrected chi connectivity index (χ1v) is 11.0. The number of carbonyl (C=O) groups is 1. The van der Waals surface area contributed by atoms with Crippen LogP contribution in [-0.4, -0.2) is 28.8 Å². The smallest absolute Gasteiger partial charge is 0.244 e. The van der Waals surface area contributed by atoms with E-state index >= 15 is 0 Å². The maximum absolute atomic E-state index is 13.3. The highest BCUT2D eigenvalue weighted by Gasteiger charge is 2.32. The van der Waals surface area contributed by atoms with Gasteiger partial charge in [-0.2, -0.15) is 5.10 Å². The van der Waals surface area contributed by atoms with Crippen LogP contribution in [0.25, 0.3) is 0 Å². The molecule has 2 N–H and O–H groups in total. The number of aliphatic imine (C=N–C) groups is 1. The highest BCUT2D eigenvalue weighted by molar-refractivity contribution is 8.15. The Morgan fingerprint density at radius 3 is 2.66 bits per heavy atom. The summed E-state index contributed by atoms with van der Waals surface area (Å²) < 4.78 is 10.8. The van der Waals surface area contributed by atoms with Crippen molar-refractivity contribution in [3.05, 3.63) is 83.9 Å². The number of anilines is 1. The molecule has 5 rings (SSSR count). The summed E-state index contributed by atoms with van der Waals surface area (Å²) in [6, 6.07) is 22.8. The van der Waals surface area contributed by atoms with E-state index in [4.69, 9.17) is 9.47 Å². The summed E-state index contributed by atoms with van der Waals surface area (Å²) in [6.07, 6.45) is 0. The van der Waals surface area contributed by atoms with Gasteiger partial charge >= 0.3 is 0 Å². The highest BCUT2D eigenvalue weighted by atomic mass is 32.2. The average molecular weight is 445 g/mol. The Balaban J connectivity index is 1.43. The lowest BCUT2D eigenvalue weighted by Gasteiger charge is -2.23. The second kappa shape index (κ2) is 8.76. The normalized spacial score (nSPS) is 18.1. The number of rotatable bonds is 4. The molecule has 0 unspecified atom stereocenters. The van der Waals surface area contributed by atoms with Crippen LogP contribution in [0.1, 0.15) is 11.1 Å². The van der Waals surface area contributed by atoms with Crippen molar-refractivity contribution in [3.63, 3.8) is 0 Å². The molecule has 3 aromatic carbocycles. The lowest BCUT2D eigenvalue weighted by atomic mass is 10.1. The Bertz CT molecular complexity index is 1210. The molecular weight excluding hydrogens is 424 g/mol. The minimum absolute atomic E-state index is 0.181. The van der Waals surface area contributed by atoms with Gasteiger partial charge in [-0.05, 0) is 36.8 Å². The summed E-state index contributed by atoms with van der Waals surface area (Å²) in [5, 5.41) is 7.45. The minimum atomic E-state index is -0.590. The number of amidine groups is 1. The molecule has 7 nitrogen and oxygen atoms in total. The Kier molecular flexibility index (Phi) is 5.51. The Morgan fingerprint density at radius 2 is 1.84 bits per heavy atom. The zero-order chi connectivity index (χ0) is 21.9. The highest BCUT2D eigenvalue weighted by Crippen LogP contribution is 2.34. The van der Waals surface area contributed by atoms with Gasteiger partial charge < -0.3 is 14.8 Å². The third-order valence-corrected chi connectivity index (χ3v) is 6.04. The number of nitrogens with zero attached hydrogens (tertiary/aromatic N) is 2. The van der Waals surface area contributed by atoms with E-state index in [9.17, 15) is 4.79 Å². The van der Waals surface area contributed by atoms with Gasteiger partial charge in [-0.25, -0.2) is 4.99 Å². The fourth-order valence-corrected chi connectivity index (χ4v) is 4.28. The molecular formula is C24H20N4O3S. The Labute approximate surface area is 189 Å². The summed E-state index contributed by atoms with van der Waals surface area (Å²) in [7, 11) is 0. The molecule has 0 saturated heterocycles. The molecule has 0 aromatic heterocycles. The molecule has 8 heteroatoms. The van der Waals surface area contributed by atoms with Gasteiger partial charge in [-0.15, -0.1) is 0 Å². The maximum Gasteiger partial charge on any atom is 0.244 e. The molecule has 1 atom stereocenters. The maximum atomic E-state index is 13.3.